The number of nitrogens with one attached hydrogen (secondary N) is 1. The summed E-state index contributed by atoms with van der Waals surface area (Å²) in [6.07, 6.45) is 0.234. The summed E-state index contributed by atoms with van der Waals surface area (Å²) >= 11 is 9.34. The van der Waals surface area contributed by atoms with Gasteiger partial charge in [0.1, 0.15) is 0 Å². The summed E-state index contributed by atoms with van der Waals surface area (Å²) in [6.45, 7) is 0. The van der Waals surface area contributed by atoms with E-state index in [1.165, 1.54) is 0 Å². The zero-order chi connectivity index (χ0) is 14.5. The van der Waals surface area contributed by atoms with Gasteiger partial charge in [0, 0.05) is 4.47 Å². The summed E-state index contributed by atoms with van der Waals surface area (Å²) in [7, 11) is 0. The molecule has 5 heteroatoms. The van der Waals surface area contributed by atoms with Crippen molar-refractivity contribution in [3.63, 3.8) is 0 Å². The molecule has 100 valence electrons. The lowest BCUT2D eigenvalue weighted by atomic mass is 10.1. The molecule has 0 saturated carbocycles. The number of anilines is 1. The van der Waals surface area contributed by atoms with Gasteiger partial charge in [-0.1, -0.05) is 39.7 Å². The summed E-state index contributed by atoms with van der Waals surface area (Å²) in [5, 5.41) is 11.9. The third kappa shape index (κ3) is 3.83. The van der Waals surface area contributed by atoms with Crippen LogP contribution in [-0.4, -0.2) is 5.91 Å². The Morgan fingerprint density at radius 1 is 1.25 bits per heavy atom. The summed E-state index contributed by atoms with van der Waals surface area (Å²) in [4.78, 5) is 11.9. The van der Waals surface area contributed by atoms with Gasteiger partial charge >= 0.3 is 0 Å². The molecule has 0 atom stereocenters. The first kappa shape index (κ1) is 14.6. The quantitative estimate of drug-likeness (QED) is 0.905. The minimum Gasteiger partial charge on any atom is -0.324 e. The third-order valence-electron chi connectivity index (χ3n) is 2.65. The van der Waals surface area contributed by atoms with Gasteiger partial charge in [-0.25, -0.2) is 0 Å². The molecule has 2 aromatic rings. The van der Waals surface area contributed by atoms with Crippen molar-refractivity contribution >= 4 is 39.1 Å². The van der Waals surface area contributed by atoms with Crippen LogP contribution in [0.25, 0.3) is 0 Å². The molecule has 0 aliphatic heterocycles. The van der Waals surface area contributed by atoms with Crippen molar-refractivity contribution in [3.8, 4) is 6.07 Å². The highest BCUT2D eigenvalue weighted by atomic mass is 79.9. The lowest BCUT2D eigenvalue weighted by Gasteiger charge is -2.07. The van der Waals surface area contributed by atoms with E-state index in [1.807, 2.05) is 12.1 Å². The number of nitrogens with zero attached hydrogens (tertiary/aromatic N) is 1. The van der Waals surface area contributed by atoms with Gasteiger partial charge in [0.25, 0.3) is 0 Å². The Kier molecular flexibility index (Phi) is 4.78. The van der Waals surface area contributed by atoms with E-state index in [9.17, 15) is 4.79 Å². The van der Waals surface area contributed by atoms with Gasteiger partial charge in [-0.05, 0) is 35.9 Å². The molecular weight excluding hydrogens is 340 g/mol. The second kappa shape index (κ2) is 6.56. The molecule has 0 heterocycles. The lowest BCUT2D eigenvalue weighted by Crippen LogP contribution is -2.14. The average Bonchev–Trinajstić information content (AvgIpc) is 2.43. The molecule has 0 radical (unpaired) electrons. The maximum absolute atomic E-state index is 11.9. The Bertz CT molecular complexity index is 677. The first-order valence-electron chi connectivity index (χ1n) is 5.82. The van der Waals surface area contributed by atoms with Crippen molar-refractivity contribution in [2.45, 2.75) is 6.42 Å². The third-order valence-corrected chi connectivity index (χ3v) is 3.46. The Labute approximate surface area is 130 Å². The monoisotopic (exact) mass is 348 g/mol. The molecule has 0 saturated heterocycles. The number of hydrogen-bond acceptors (Lipinski definition) is 2. The van der Waals surface area contributed by atoms with E-state index >= 15 is 0 Å². The smallest absolute Gasteiger partial charge is 0.228 e. The van der Waals surface area contributed by atoms with Gasteiger partial charge in [0.05, 0.1) is 28.8 Å². The van der Waals surface area contributed by atoms with E-state index in [-0.39, 0.29) is 12.3 Å². The fraction of sp³-hybridized carbons (Fsp3) is 0.0667. The topological polar surface area (TPSA) is 52.9 Å². The highest BCUT2D eigenvalue weighted by Gasteiger charge is 2.07. The number of benzene rings is 2. The van der Waals surface area contributed by atoms with Crippen LogP contribution in [0.3, 0.4) is 0 Å². The Morgan fingerprint density at radius 2 is 1.95 bits per heavy atom. The summed E-state index contributed by atoms with van der Waals surface area (Å²) in [6, 6.07) is 14.2. The molecular formula is C15H10BrClN2O. The molecule has 3 nitrogen and oxygen atoms in total. The zero-order valence-electron chi connectivity index (χ0n) is 10.4. The van der Waals surface area contributed by atoms with E-state index < -0.39 is 0 Å². The molecule has 0 bridgehead atoms. The van der Waals surface area contributed by atoms with Crippen LogP contribution in [-0.2, 0) is 11.2 Å². The van der Waals surface area contributed by atoms with Crippen LogP contribution < -0.4 is 5.32 Å². The van der Waals surface area contributed by atoms with Crippen molar-refractivity contribution in [3.05, 3.63) is 63.1 Å². The van der Waals surface area contributed by atoms with Gasteiger partial charge in [0.2, 0.25) is 5.91 Å². The minimum atomic E-state index is -0.154. The summed E-state index contributed by atoms with van der Waals surface area (Å²) < 4.78 is 0.854. The zero-order valence-corrected chi connectivity index (χ0v) is 12.7. The van der Waals surface area contributed by atoms with Crippen LogP contribution in [0.5, 0.6) is 0 Å². The second-order valence-electron chi connectivity index (χ2n) is 4.16. The molecule has 0 aliphatic rings. The van der Waals surface area contributed by atoms with E-state index in [0.717, 1.165) is 10.0 Å². The lowest BCUT2D eigenvalue weighted by molar-refractivity contribution is -0.115. The molecule has 1 N–H and O–H groups in total. The number of carbonyl (C=O) groups is 1. The maximum Gasteiger partial charge on any atom is 0.228 e. The molecule has 0 aliphatic carbocycles. The minimum absolute atomic E-state index is 0.154. The van der Waals surface area contributed by atoms with Gasteiger partial charge in [-0.3, -0.25) is 4.79 Å². The van der Waals surface area contributed by atoms with E-state index in [1.54, 1.807) is 36.4 Å². The van der Waals surface area contributed by atoms with Crippen LogP contribution in [0.15, 0.2) is 46.9 Å². The predicted molar refractivity (Wildman–Crippen MR) is 82.6 cm³/mol. The fourth-order valence-corrected chi connectivity index (χ4v) is 2.39. The van der Waals surface area contributed by atoms with Crippen molar-refractivity contribution in [1.29, 1.82) is 5.26 Å². The first-order valence-corrected chi connectivity index (χ1v) is 6.99. The van der Waals surface area contributed by atoms with Crippen molar-refractivity contribution in [2.24, 2.45) is 0 Å². The van der Waals surface area contributed by atoms with Crippen molar-refractivity contribution < 1.29 is 4.79 Å². The van der Waals surface area contributed by atoms with E-state index in [0.29, 0.717) is 16.3 Å². The second-order valence-corrected chi connectivity index (χ2v) is 5.48. The van der Waals surface area contributed by atoms with E-state index in [4.69, 9.17) is 16.9 Å². The number of amides is 1. The largest absolute Gasteiger partial charge is 0.324 e. The molecule has 0 spiro atoms. The van der Waals surface area contributed by atoms with Crippen molar-refractivity contribution in [1.82, 2.24) is 0 Å². The standard InChI is InChI=1S/C15H10BrClN2O/c16-12-5-6-14(13(17)8-12)19-15(20)7-10-1-3-11(9-18)4-2-10/h1-6,8H,7H2,(H,19,20). The van der Waals surface area contributed by atoms with Crippen LogP contribution >= 0.6 is 27.5 Å². The number of nitriles is 1. The molecule has 0 fully saturated rings. The molecule has 1 amide bonds. The number of hydrogen-bond donors (Lipinski definition) is 1. The number of carbonyl (C=O) groups excluding carboxylic acids is 1. The first-order chi connectivity index (χ1) is 9.58. The Balaban J connectivity index is 2.03. The average molecular weight is 350 g/mol. The van der Waals surface area contributed by atoms with Crippen LogP contribution in [0, 0.1) is 11.3 Å². The molecule has 20 heavy (non-hydrogen) atoms. The summed E-state index contributed by atoms with van der Waals surface area (Å²) in [5.41, 5.74) is 1.99. The number of halogens is 2. The molecule has 2 aromatic carbocycles. The normalized spacial score (nSPS) is 9.85. The number of rotatable bonds is 3. The van der Waals surface area contributed by atoms with Crippen LogP contribution in [0.2, 0.25) is 5.02 Å². The maximum atomic E-state index is 11.9. The fourth-order valence-electron chi connectivity index (χ4n) is 1.67. The van der Waals surface area contributed by atoms with Crippen LogP contribution in [0.1, 0.15) is 11.1 Å². The van der Waals surface area contributed by atoms with Gasteiger partial charge in [0.15, 0.2) is 0 Å². The van der Waals surface area contributed by atoms with Gasteiger partial charge < -0.3 is 5.32 Å². The Morgan fingerprint density at radius 3 is 2.55 bits per heavy atom. The van der Waals surface area contributed by atoms with Gasteiger partial charge in [-0.2, -0.15) is 5.26 Å². The van der Waals surface area contributed by atoms with Gasteiger partial charge in [-0.15, -0.1) is 0 Å². The van der Waals surface area contributed by atoms with Crippen LogP contribution in [0.4, 0.5) is 5.69 Å². The van der Waals surface area contributed by atoms with E-state index in [2.05, 4.69) is 21.2 Å². The van der Waals surface area contributed by atoms with Crippen molar-refractivity contribution in [2.75, 3.05) is 5.32 Å². The SMILES string of the molecule is N#Cc1ccc(CC(=O)Nc2ccc(Br)cc2Cl)cc1. The summed E-state index contributed by atoms with van der Waals surface area (Å²) in [5.74, 6) is -0.154. The predicted octanol–water partition coefficient (Wildman–Crippen LogP) is 4.16. The molecule has 2 rings (SSSR count). The highest BCUT2D eigenvalue weighted by Crippen LogP contribution is 2.25. The Hall–Kier alpha value is -1.83. The highest BCUT2D eigenvalue weighted by molar-refractivity contribution is 9.10. The molecule has 0 aromatic heterocycles. The molecule has 0 unspecified atom stereocenters.